The smallest absolute Gasteiger partial charge is 0.257 e. The topological polar surface area (TPSA) is 60.8 Å². The first-order valence-corrected chi connectivity index (χ1v) is 7.06. The number of hydrogen-bond acceptors (Lipinski definition) is 3. The van der Waals surface area contributed by atoms with Crippen LogP contribution < -0.4 is 0 Å². The van der Waals surface area contributed by atoms with Crippen molar-refractivity contribution in [1.29, 1.82) is 0 Å². The number of hydrogen-bond donors (Lipinski definition) is 2. The lowest BCUT2D eigenvalue weighted by atomic mass is 10.1. The van der Waals surface area contributed by atoms with Crippen molar-refractivity contribution in [2.24, 2.45) is 0 Å². The summed E-state index contributed by atoms with van der Waals surface area (Å²) < 4.78 is 0. The third-order valence-electron chi connectivity index (χ3n) is 3.53. The van der Waals surface area contributed by atoms with Crippen molar-refractivity contribution >= 4 is 17.5 Å². The first-order chi connectivity index (χ1) is 9.13. The van der Waals surface area contributed by atoms with Gasteiger partial charge < -0.3 is 15.1 Å². The minimum Gasteiger partial charge on any atom is -0.508 e. The summed E-state index contributed by atoms with van der Waals surface area (Å²) >= 11 is 5.95. The van der Waals surface area contributed by atoms with E-state index in [1.54, 1.807) is 4.90 Å². The highest BCUT2D eigenvalue weighted by Gasteiger charge is 2.27. The number of likely N-dealkylation sites (tertiary alicyclic amines) is 1. The van der Waals surface area contributed by atoms with Crippen LogP contribution in [-0.4, -0.2) is 39.5 Å². The van der Waals surface area contributed by atoms with Crippen molar-refractivity contribution in [1.82, 2.24) is 4.90 Å². The summed E-state index contributed by atoms with van der Waals surface area (Å²) in [6.07, 6.45) is 4.02. The van der Waals surface area contributed by atoms with Gasteiger partial charge in [-0.3, -0.25) is 4.79 Å². The van der Waals surface area contributed by atoms with E-state index in [4.69, 9.17) is 11.6 Å². The molecule has 0 bridgehead atoms. The van der Waals surface area contributed by atoms with Crippen LogP contribution in [-0.2, 0) is 0 Å². The van der Waals surface area contributed by atoms with E-state index in [1.165, 1.54) is 18.2 Å². The molecule has 1 unspecified atom stereocenters. The average molecular weight is 284 g/mol. The fourth-order valence-corrected chi connectivity index (χ4v) is 2.78. The molecule has 0 spiro atoms. The zero-order valence-corrected chi connectivity index (χ0v) is 11.4. The summed E-state index contributed by atoms with van der Waals surface area (Å²) in [5.74, 6) is -0.0589. The van der Waals surface area contributed by atoms with Gasteiger partial charge in [-0.15, -0.1) is 11.6 Å². The molecule has 0 aromatic heterocycles. The number of rotatable bonds is 2. The van der Waals surface area contributed by atoms with Gasteiger partial charge in [-0.2, -0.15) is 0 Å². The zero-order chi connectivity index (χ0) is 13.8. The maximum absolute atomic E-state index is 12.5. The molecule has 0 aliphatic carbocycles. The molecule has 1 aliphatic rings. The molecule has 1 aromatic carbocycles. The van der Waals surface area contributed by atoms with Crippen LogP contribution in [0.1, 0.15) is 36.0 Å². The van der Waals surface area contributed by atoms with E-state index in [2.05, 4.69) is 0 Å². The predicted octanol–water partition coefficient (Wildman–Crippen LogP) is 2.72. The number of phenolic OH excluding ortho intramolecular Hbond substituents is 2. The van der Waals surface area contributed by atoms with E-state index in [0.717, 1.165) is 25.7 Å². The van der Waals surface area contributed by atoms with Gasteiger partial charge in [-0.25, -0.2) is 0 Å². The van der Waals surface area contributed by atoms with E-state index in [-0.39, 0.29) is 29.0 Å². The van der Waals surface area contributed by atoms with Crippen LogP contribution in [0.15, 0.2) is 18.2 Å². The Hall–Kier alpha value is -1.42. The second-order valence-corrected chi connectivity index (χ2v) is 5.17. The SMILES string of the molecule is O=C(c1ccc(O)cc1O)N1CCCCCC1CCl. The van der Waals surface area contributed by atoms with Gasteiger partial charge in [-0.1, -0.05) is 12.8 Å². The quantitative estimate of drug-likeness (QED) is 0.821. The number of phenols is 2. The van der Waals surface area contributed by atoms with E-state index in [9.17, 15) is 15.0 Å². The van der Waals surface area contributed by atoms with Crippen LogP contribution in [0.4, 0.5) is 0 Å². The van der Waals surface area contributed by atoms with Gasteiger partial charge in [0.05, 0.1) is 5.56 Å². The number of carbonyl (C=O) groups is 1. The van der Waals surface area contributed by atoms with Crippen LogP contribution in [0.3, 0.4) is 0 Å². The summed E-state index contributed by atoms with van der Waals surface area (Å²) in [7, 11) is 0. The van der Waals surface area contributed by atoms with Crippen molar-refractivity contribution in [3.05, 3.63) is 23.8 Å². The number of alkyl halides is 1. The Morgan fingerprint density at radius 2 is 2.11 bits per heavy atom. The van der Waals surface area contributed by atoms with Crippen molar-refractivity contribution in [3.63, 3.8) is 0 Å². The fraction of sp³-hybridized carbons (Fsp3) is 0.500. The molecule has 1 saturated heterocycles. The van der Waals surface area contributed by atoms with Crippen molar-refractivity contribution in [3.8, 4) is 11.5 Å². The normalized spacial score (nSPS) is 20.1. The van der Waals surface area contributed by atoms with Gasteiger partial charge in [0.15, 0.2) is 0 Å². The molecular formula is C14H18ClNO3. The van der Waals surface area contributed by atoms with E-state index >= 15 is 0 Å². The molecule has 1 aromatic rings. The van der Waals surface area contributed by atoms with Gasteiger partial charge in [0.25, 0.3) is 5.91 Å². The molecule has 1 amide bonds. The molecule has 2 rings (SSSR count). The number of benzene rings is 1. The zero-order valence-electron chi connectivity index (χ0n) is 10.7. The Kier molecular flexibility index (Phi) is 4.53. The standard InChI is InChI=1S/C14H18ClNO3/c15-9-10-4-2-1-3-7-16(10)14(19)12-6-5-11(17)8-13(12)18/h5-6,8,10,17-18H,1-4,7,9H2. The minimum absolute atomic E-state index is 0.0184. The molecule has 5 heteroatoms. The van der Waals surface area contributed by atoms with E-state index in [0.29, 0.717) is 12.4 Å². The van der Waals surface area contributed by atoms with Gasteiger partial charge in [0.2, 0.25) is 0 Å². The third-order valence-corrected chi connectivity index (χ3v) is 3.88. The molecule has 1 atom stereocenters. The maximum atomic E-state index is 12.5. The molecule has 1 aliphatic heterocycles. The van der Waals surface area contributed by atoms with Crippen LogP contribution >= 0.6 is 11.6 Å². The van der Waals surface area contributed by atoms with Gasteiger partial charge in [0.1, 0.15) is 11.5 Å². The second kappa shape index (κ2) is 6.15. The lowest BCUT2D eigenvalue weighted by molar-refractivity contribution is 0.0697. The monoisotopic (exact) mass is 283 g/mol. The molecular weight excluding hydrogens is 266 g/mol. The molecule has 0 radical (unpaired) electrons. The Morgan fingerprint density at radius 3 is 2.79 bits per heavy atom. The third kappa shape index (κ3) is 3.13. The lowest BCUT2D eigenvalue weighted by Gasteiger charge is -2.28. The molecule has 19 heavy (non-hydrogen) atoms. The highest BCUT2D eigenvalue weighted by atomic mass is 35.5. The molecule has 1 fully saturated rings. The number of nitrogens with zero attached hydrogens (tertiary/aromatic N) is 1. The van der Waals surface area contributed by atoms with Crippen molar-refractivity contribution < 1.29 is 15.0 Å². The van der Waals surface area contributed by atoms with Crippen LogP contribution in [0.5, 0.6) is 11.5 Å². The summed E-state index contributed by atoms with van der Waals surface area (Å²) in [5, 5.41) is 19.0. The number of aromatic hydroxyl groups is 2. The molecule has 4 nitrogen and oxygen atoms in total. The predicted molar refractivity (Wildman–Crippen MR) is 73.8 cm³/mol. The summed E-state index contributed by atoms with van der Waals surface area (Å²) in [6, 6.07) is 4.05. The summed E-state index contributed by atoms with van der Waals surface area (Å²) in [6.45, 7) is 0.663. The van der Waals surface area contributed by atoms with Crippen LogP contribution in [0.2, 0.25) is 0 Å². The summed E-state index contributed by atoms with van der Waals surface area (Å²) in [5.41, 5.74) is 0.217. The van der Waals surface area contributed by atoms with Crippen molar-refractivity contribution in [2.75, 3.05) is 12.4 Å². The molecule has 2 N–H and O–H groups in total. The summed E-state index contributed by atoms with van der Waals surface area (Å²) in [4.78, 5) is 14.2. The van der Waals surface area contributed by atoms with E-state index in [1.807, 2.05) is 0 Å². The molecule has 104 valence electrons. The van der Waals surface area contributed by atoms with Crippen LogP contribution in [0, 0.1) is 0 Å². The first-order valence-electron chi connectivity index (χ1n) is 6.52. The minimum atomic E-state index is -0.218. The fourth-order valence-electron chi connectivity index (χ4n) is 2.46. The van der Waals surface area contributed by atoms with Crippen LogP contribution in [0.25, 0.3) is 0 Å². The Morgan fingerprint density at radius 1 is 1.32 bits per heavy atom. The van der Waals surface area contributed by atoms with Gasteiger partial charge in [-0.05, 0) is 25.0 Å². The number of amides is 1. The molecule has 0 saturated carbocycles. The average Bonchev–Trinajstić information content (AvgIpc) is 2.63. The van der Waals surface area contributed by atoms with Gasteiger partial charge in [0, 0.05) is 24.5 Å². The van der Waals surface area contributed by atoms with Crippen molar-refractivity contribution in [2.45, 2.75) is 31.7 Å². The largest absolute Gasteiger partial charge is 0.508 e. The Labute approximate surface area is 117 Å². The second-order valence-electron chi connectivity index (χ2n) is 4.86. The maximum Gasteiger partial charge on any atom is 0.257 e. The Bertz CT molecular complexity index is 464. The highest BCUT2D eigenvalue weighted by Crippen LogP contribution is 2.26. The molecule has 1 heterocycles. The Balaban J connectivity index is 2.25. The lowest BCUT2D eigenvalue weighted by Crippen LogP contribution is -2.41. The van der Waals surface area contributed by atoms with E-state index < -0.39 is 0 Å². The van der Waals surface area contributed by atoms with Gasteiger partial charge >= 0.3 is 0 Å². The first kappa shape index (κ1) is 14.0. The number of halogens is 1. The number of carbonyl (C=O) groups excluding carboxylic acids is 1. The highest BCUT2D eigenvalue weighted by molar-refractivity contribution is 6.18.